The Labute approximate surface area is 179 Å². The van der Waals surface area contributed by atoms with Crippen LogP contribution in [-0.4, -0.2) is 60.8 Å². The molecule has 1 aliphatic heterocycles. The molecule has 0 unspecified atom stereocenters. The molecule has 0 N–H and O–H groups in total. The summed E-state index contributed by atoms with van der Waals surface area (Å²) in [5.41, 5.74) is -5.62. The van der Waals surface area contributed by atoms with Gasteiger partial charge in [0.25, 0.3) is 5.60 Å². The van der Waals surface area contributed by atoms with E-state index in [0.29, 0.717) is 0 Å². The van der Waals surface area contributed by atoms with Crippen molar-refractivity contribution < 1.29 is 41.7 Å². The van der Waals surface area contributed by atoms with Gasteiger partial charge < -0.3 is 18.9 Å². The molecular weight excluding hydrogens is 419 g/mol. The largest absolute Gasteiger partial charge is 0.461 e. The Morgan fingerprint density at radius 3 is 2.23 bits per heavy atom. The average Bonchev–Trinajstić information content (AvgIpc) is 2.93. The number of rotatable bonds is 5. The molecule has 0 bridgehead atoms. The topological polar surface area (TPSA) is 74.3 Å². The summed E-state index contributed by atoms with van der Waals surface area (Å²) in [6.45, 7) is 7.68. The summed E-state index contributed by atoms with van der Waals surface area (Å²) in [7, 11) is 0.788. The van der Waals surface area contributed by atoms with Crippen LogP contribution >= 0.6 is 0 Å². The Kier molecular flexibility index (Phi) is 6.97. The second kappa shape index (κ2) is 8.66. The molecule has 10 heteroatoms. The van der Waals surface area contributed by atoms with Gasteiger partial charge >= 0.3 is 18.2 Å². The van der Waals surface area contributed by atoms with Gasteiger partial charge in [0.2, 0.25) is 0 Å². The summed E-state index contributed by atoms with van der Waals surface area (Å²) < 4.78 is 62.7. The fraction of sp³-hybridized carbons (Fsp3) is 0.619. The van der Waals surface area contributed by atoms with Crippen LogP contribution in [0.2, 0.25) is 0 Å². The maximum atomic E-state index is 14.0. The summed E-state index contributed by atoms with van der Waals surface area (Å²) in [4.78, 5) is 26.6. The minimum Gasteiger partial charge on any atom is -0.461 e. The molecule has 0 saturated carbocycles. The summed E-state index contributed by atoms with van der Waals surface area (Å²) in [5, 5.41) is 0. The Morgan fingerprint density at radius 2 is 1.74 bits per heavy atom. The predicted octanol–water partition coefficient (Wildman–Crippen LogP) is 4.01. The van der Waals surface area contributed by atoms with Crippen molar-refractivity contribution in [1.82, 2.24) is 4.90 Å². The SMILES string of the molecule is CO[C@@](C(=O)OC[C@H]1COC(C)(C)N1C(=O)OC(C)(C)C)(c1ccccc1)C(F)(F)F. The molecule has 0 spiro atoms. The smallest absolute Gasteiger partial charge is 0.432 e. The first-order valence-electron chi connectivity index (χ1n) is 9.66. The highest BCUT2D eigenvalue weighted by Crippen LogP contribution is 2.43. The fourth-order valence-electron chi connectivity index (χ4n) is 3.35. The quantitative estimate of drug-likeness (QED) is 0.635. The van der Waals surface area contributed by atoms with Gasteiger partial charge in [0.05, 0.1) is 12.6 Å². The molecule has 1 aromatic carbocycles. The van der Waals surface area contributed by atoms with Crippen LogP contribution in [0.25, 0.3) is 0 Å². The second-order valence-corrected chi connectivity index (χ2v) is 8.61. The van der Waals surface area contributed by atoms with Crippen molar-refractivity contribution in [2.45, 2.75) is 63.8 Å². The molecule has 2 rings (SSSR count). The van der Waals surface area contributed by atoms with Crippen molar-refractivity contribution in [3.8, 4) is 0 Å². The molecule has 1 aromatic rings. The van der Waals surface area contributed by atoms with Gasteiger partial charge in [-0.15, -0.1) is 0 Å². The lowest BCUT2D eigenvalue weighted by Gasteiger charge is -2.36. The lowest BCUT2D eigenvalue weighted by Crippen LogP contribution is -2.54. The zero-order chi connectivity index (χ0) is 23.7. The monoisotopic (exact) mass is 447 g/mol. The number of halogens is 3. The van der Waals surface area contributed by atoms with Gasteiger partial charge in [0.1, 0.15) is 17.9 Å². The number of methoxy groups -OCH3 is 1. The second-order valence-electron chi connectivity index (χ2n) is 8.61. The maximum Gasteiger partial charge on any atom is 0.432 e. The molecule has 0 aliphatic carbocycles. The van der Waals surface area contributed by atoms with Crippen LogP contribution in [-0.2, 0) is 29.3 Å². The Bertz CT molecular complexity index is 791. The highest BCUT2D eigenvalue weighted by atomic mass is 19.4. The minimum absolute atomic E-state index is 0.0448. The van der Waals surface area contributed by atoms with E-state index in [1.165, 1.54) is 23.1 Å². The van der Waals surface area contributed by atoms with Crippen molar-refractivity contribution in [3.63, 3.8) is 0 Å². The van der Waals surface area contributed by atoms with Crippen molar-refractivity contribution in [2.75, 3.05) is 20.3 Å². The number of amides is 1. The molecule has 2 atom stereocenters. The van der Waals surface area contributed by atoms with E-state index >= 15 is 0 Å². The van der Waals surface area contributed by atoms with Crippen LogP contribution in [0, 0.1) is 0 Å². The van der Waals surface area contributed by atoms with E-state index in [1.807, 2.05) is 0 Å². The van der Waals surface area contributed by atoms with Crippen molar-refractivity contribution in [1.29, 1.82) is 0 Å². The number of benzene rings is 1. The standard InChI is InChI=1S/C21H28F3NO6/c1-18(2,3)31-17(27)25-15(13-30-19(25,4)5)12-29-16(26)20(28-6,21(22,23)24)14-10-8-7-9-11-14/h7-11,15H,12-13H2,1-6H3/t15-,20+/m0/s1. The first-order valence-corrected chi connectivity index (χ1v) is 9.66. The van der Waals surface area contributed by atoms with E-state index in [1.54, 1.807) is 34.6 Å². The van der Waals surface area contributed by atoms with E-state index in [4.69, 9.17) is 18.9 Å². The first kappa shape index (κ1) is 24.9. The minimum atomic E-state index is -5.09. The number of nitrogens with zero attached hydrogens (tertiary/aromatic N) is 1. The summed E-state index contributed by atoms with van der Waals surface area (Å²) in [6, 6.07) is 5.66. The first-order chi connectivity index (χ1) is 14.2. The molecule has 0 radical (unpaired) electrons. The molecule has 31 heavy (non-hydrogen) atoms. The molecule has 1 heterocycles. The molecule has 0 aromatic heterocycles. The highest BCUT2D eigenvalue weighted by molar-refractivity contribution is 5.82. The number of ether oxygens (including phenoxy) is 4. The zero-order valence-electron chi connectivity index (χ0n) is 18.4. The van der Waals surface area contributed by atoms with Gasteiger partial charge in [-0.25, -0.2) is 9.59 Å². The van der Waals surface area contributed by atoms with Crippen molar-refractivity contribution in [3.05, 3.63) is 35.9 Å². The maximum absolute atomic E-state index is 14.0. The predicted molar refractivity (Wildman–Crippen MR) is 104 cm³/mol. The number of esters is 1. The third-order valence-electron chi connectivity index (χ3n) is 4.74. The van der Waals surface area contributed by atoms with Crippen molar-refractivity contribution in [2.24, 2.45) is 0 Å². The molecule has 7 nitrogen and oxygen atoms in total. The molecular formula is C21H28F3NO6. The number of carbonyl (C=O) groups is 2. The Morgan fingerprint density at radius 1 is 1.16 bits per heavy atom. The lowest BCUT2D eigenvalue weighted by atomic mass is 9.92. The Balaban J connectivity index is 2.26. The number of hydrogen-bond acceptors (Lipinski definition) is 6. The zero-order valence-corrected chi connectivity index (χ0v) is 18.4. The third kappa shape index (κ3) is 5.12. The van der Waals surface area contributed by atoms with Crippen LogP contribution in [0.15, 0.2) is 30.3 Å². The van der Waals surface area contributed by atoms with Gasteiger partial charge in [-0.2, -0.15) is 13.2 Å². The van der Waals surface area contributed by atoms with Crippen LogP contribution < -0.4 is 0 Å². The molecule has 1 fully saturated rings. The molecule has 174 valence electrons. The van der Waals surface area contributed by atoms with Gasteiger partial charge in [0, 0.05) is 12.7 Å². The van der Waals surface area contributed by atoms with Gasteiger partial charge in [-0.3, -0.25) is 4.90 Å². The van der Waals surface area contributed by atoms with Crippen LogP contribution in [0.1, 0.15) is 40.2 Å². The van der Waals surface area contributed by atoms with Crippen LogP contribution in [0.5, 0.6) is 0 Å². The summed E-state index contributed by atoms with van der Waals surface area (Å²) in [5.74, 6) is -1.64. The fourth-order valence-corrected chi connectivity index (χ4v) is 3.35. The normalized spacial score (nSPS) is 20.8. The molecule has 1 amide bonds. The van der Waals surface area contributed by atoms with E-state index in [9.17, 15) is 22.8 Å². The average molecular weight is 447 g/mol. The Hall–Kier alpha value is -2.33. The van der Waals surface area contributed by atoms with Crippen molar-refractivity contribution >= 4 is 12.1 Å². The third-order valence-corrected chi connectivity index (χ3v) is 4.74. The van der Waals surface area contributed by atoms with Crippen LogP contribution in [0.3, 0.4) is 0 Å². The summed E-state index contributed by atoms with van der Waals surface area (Å²) in [6.07, 6.45) is -5.82. The summed E-state index contributed by atoms with van der Waals surface area (Å²) >= 11 is 0. The van der Waals surface area contributed by atoms with E-state index in [-0.39, 0.29) is 6.61 Å². The van der Waals surface area contributed by atoms with Gasteiger partial charge in [0.15, 0.2) is 0 Å². The molecule has 1 aliphatic rings. The van der Waals surface area contributed by atoms with Crippen LogP contribution in [0.4, 0.5) is 18.0 Å². The van der Waals surface area contributed by atoms with Gasteiger partial charge in [-0.05, 0) is 34.6 Å². The van der Waals surface area contributed by atoms with Gasteiger partial charge in [-0.1, -0.05) is 30.3 Å². The van der Waals surface area contributed by atoms with E-state index in [0.717, 1.165) is 19.2 Å². The molecule has 1 saturated heterocycles. The highest BCUT2D eigenvalue weighted by Gasteiger charge is 2.64. The van der Waals surface area contributed by atoms with E-state index in [2.05, 4.69) is 0 Å². The number of hydrogen-bond donors (Lipinski definition) is 0. The number of carbonyl (C=O) groups excluding carboxylic acids is 2. The number of alkyl halides is 3. The lowest BCUT2D eigenvalue weighted by molar-refractivity contribution is -0.276. The van der Waals surface area contributed by atoms with E-state index < -0.39 is 53.4 Å².